The number of halogens is 1. The highest BCUT2D eigenvalue weighted by Crippen LogP contribution is 2.11. The number of hydrogen-bond acceptors (Lipinski definition) is 3. The Balaban J connectivity index is 1.98. The van der Waals surface area contributed by atoms with E-state index in [0.29, 0.717) is 12.1 Å². The predicted octanol–water partition coefficient (Wildman–Crippen LogP) is 1.56. The second kappa shape index (κ2) is 5.23. The van der Waals surface area contributed by atoms with Crippen LogP contribution >= 0.6 is 0 Å². The van der Waals surface area contributed by atoms with Crippen molar-refractivity contribution in [3.05, 3.63) is 29.3 Å². The maximum atomic E-state index is 13.5. The minimum Gasteiger partial charge on any atom is -0.478 e. The number of likely N-dealkylation sites (tertiary alicyclic amines) is 1. The molecule has 17 heavy (non-hydrogen) atoms. The molecule has 0 bridgehead atoms. The molecule has 1 aromatic heterocycles. The molecule has 1 aliphatic rings. The molecule has 1 saturated heterocycles. The number of aromatic nitrogens is 1. The summed E-state index contributed by atoms with van der Waals surface area (Å²) in [6.45, 7) is 2.92. The molecule has 0 radical (unpaired) electrons. The quantitative estimate of drug-likeness (QED) is 0.864. The Kier molecular flexibility index (Phi) is 3.68. The molecule has 0 amide bonds. The zero-order valence-electron chi connectivity index (χ0n) is 9.53. The van der Waals surface area contributed by atoms with Gasteiger partial charge in [-0.3, -0.25) is 4.98 Å². The summed E-state index contributed by atoms with van der Waals surface area (Å²) in [5.74, 6) is -1.67. The van der Waals surface area contributed by atoms with Crippen LogP contribution in [0.15, 0.2) is 12.3 Å². The Bertz CT molecular complexity index is 417. The van der Waals surface area contributed by atoms with E-state index in [1.165, 1.54) is 19.0 Å². The van der Waals surface area contributed by atoms with Crippen molar-refractivity contribution in [1.82, 2.24) is 9.88 Å². The number of carboxylic acid groups (broad SMARTS) is 1. The Morgan fingerprint density at radius 2 is 2.18 bits per heavy atom. The van der Waals surface area contributed by atoms with Crippen LogP contribution in [0, 0.1) is 5.82 Å². The summed E-state index contributed by atoms with van der Waals surface area (Å²) in [5, 5.41) is 8.69. The van der Waals surface area contributed by atoms with Crippen LogP contribution in [-0.2, 0) is 6.42 Å². The molecule has 2 heterocycles. The van der Waals surface area contributed by atoms with Crippen LogP contribution in [0.4, 0.5) is 4.39 Å². The molecule has 5 heteroatoms. The maximum absolute atomic E-state index is 13.5. The largest absolute Gasteiger partial charge is 0.478 e. The maximum Gasteiger partial charge on any atom is 0.337 e. The second-order valence-electron chi connectivity index (χ2n) is 4.26. The van der Waals surface area contributed by atoms with E-state index in [1.54, 1.807) is 0 Å². The van der Waals surface area contributed by atoms with Crippen molar-refractivity contribution >= 4 is 5.97 Å². The molecule has 1 aromatic rings. The predicted molar refractivity (Wildman–Crippen MR) is 60.5 cm³/mol. The first-order chi connectivity index (χ1) is 8.16. The minimum absolute atomic E-state index is 0.104. The topological polar surface area (TPSA) is 53.4 Å². The molecule has 0 saturated carbocycles. The normalized spacial score (nSPS) is 16.3. The fraction of sp³-hybridized carbons (Fsp3) is 0.500. The monoisotopic (exact) mass is 238 g/mol. The first kappa shape index (κ1) is 12.0. The highest BCUT2D eigenvalue weighted by atomic mass is 19.1. The smallest absolute Gasteiger partial charge is 0.337 e. The van der Waals surface area contributed by atoms with Crippen LogP contribution in [0.25, 0.3) is 0 Å². The van der Waals surface area contributed by atoms with Gasteiger partial charge in [-0.15, -0.1) is 0 Å². The van der Waals surface area contributed by atoms with Crippen molar-refractivity contribution in [3.8, 4) is 0 Å². The molecule has 1 fully saturated rings. The minimum atomic E-state index is -1.15. The van der Waals surface area contributed by atoms with Gasteiger partial charge >= 0.3 is 5.97 Å². The molecule has 1 aliphatic heterocycles. The lowest BCUT2D eigenvalue weighted by atomic mass is 10.2. The van der Waals surface area contributed by atoms with E-state index < -0.39 is 11.8 Å². The third-order valence-electron chi connectivity index (χ3n) is 3.03. The summed E-state index contributed by atoms with van der Waals surface area (Å²) < 4.78 is 13.5. The van der Waals surface area contributed by atoms with Crippen molar-refractivity contribution < 1.29 is 14.3 Å². The molecule has 92 valence electrons. The number of carbonyl (C=O) groups is 1. The van der Waals surface area contributed by atoms with Crippen LogP contribution in [0.2, 0.25) is 0 Å². The summed E-state index contributed by atoms with van der Waals surface area (Å²) in [7, 11) is 0. The molecule has 0 aromatic carbocycles. The van der Waals surface area contributed by atoms with Gasteiger partial charge in [0.2, 0.25) is 0 Å². The summed E-state index contributed by atoms with van der Waals surface area (Å²) >= 11 is 0. The first-order valence-corrected chi connectivity index (χ1v) is 5.77. The van der Waals surface area contributed by atoms with E-state index in [9.17, 15) is 9.18 Å². The lowest BCUT2D eigenvalue weighted by molar-refractivity contribution is 0.0696. The summed E-state index contributed by atoms with van der Waals surface area (Å²) in [6.07, 6.45) is 4.15. The van der Waals surface area contributed by atoms with Gasteiger partial charge in [0, 0.05) is 19.2 Å². The van der Waals surface area contributed by atoms with E-state index in [1.807, 2.05) is 0 Å². The molecule has 0 spiro atoms. The number of rotatable bonds is 4. The van der Waals surface area contributed by atoms with E-state index in [-0.39, 0.29) is 5.56 Å². The van der Waals surface area contributed by atoms with Gasteiger partial charge in [0.05, 0.1) is 11.3 Å². The Labute approximate surface area is 99.1 Å². The van der Waals surface area contributed by atoms with Gasteiger partial charge in [-0.1, -0.05) is 0 Å². The summed E-state index contributed by atoms with van der Waals surface area (Å²) in [5.41, 5.74) is 0.245. The van der Waals surface area contributed by atoms with Gasteiger partial charge in [-0.05, 0) is 32.0 Å². The zero-order chi connectivity index (χ0) is 12.3. The number of carboxylic acids is 1. The molecular weight excluding hydrogens is 223 g/mol. The number of pyridine rings is 1. The van der Waals surface area contributed by atoms with Gasteiger partial charge in [0.1, 0.15) is 5.82 Å². The van der Waals surface area contributed by atoms with Crippen molar-refractivity contribution in [2.24, 2.45) is 0 Å². The van der Waals surface area contributed by atoms with Crippen LogP contribution in [0.1, 0.15) is 28.9 Å². The summed E-state index contributed by atoms with van der Waals surface area (Å²) in [6, 6.07) is 1.04. The third-order valence-corrected chi connectivity index (χ3v) is 3.03. The van der Waals surface area contributed by atoms with Crippen molar-refractivity contribution in [2.45, 2.75) is 19.3 Å². The van der Waals surface area contributed by atoms with Crippen molar-refractivity contribution in [2.75, 3.05) is 19.6 Å². The zero-order valence-corrected chi connectivity index (χ0v) is 9.53. The van der Waals surface area contributed by atoms with Gasteiger partial charge in [-0.2, -0.15) is 0 Å². The van der Waals surface area contributed by atoms with Gasteiger partial charge < -0.3 is 10.0 Å². The first-order valence-electron chi connectivity index (χ1n) is 5.77. The fourth-order valence-electron chi connectivity index (χ4n) is 2.04. The van der Waals surface area contributed by atoms with E-state index in [2.05, 4.69) is 9.88 Å². The second-order valence-corrected chi connectivity index (χ2v) is 4.26. The number of nitrogens with zero attached hydrogens (tertiary/aromatic N) is 2. The molecule has 4 nitrogen and oxygen atoms in total. The van der Waals surface area contributed by atoms with Crippen molar-refractivity contribution in [1.29, 1.82) is 0 Å². The lowest BCUT2D eigenvalue weighted by Gasteiger charge is -2.13. The van der Waals surface area contributed by atoms with Crippen molar-refractivity contribution in [3.63, 3.8) is 0 Å². The van der Waals surface area contributed by atoms with E-state index in [4.69, 9.17) is 5.11 Å². The Hall–Kier alpha value is -1.49. The fourth-order valence-corrected chi connectivity index (χ4v) is 2.04. The molecule has 0 atom stereocenters. The molecule has 2 rings (SSSR count). The lowest BCUT2D eigenvalue weighted by Crippen LogP contribution is -2.22. The van der Waals surface area contributed by atoms with Gasteiger partial charge in [0.25, 0.3) is 0 Å². The van der Waals surface area contributed by atoms with Gasteiger partial charge in [-0.25, -0.2) is 9.18 Å². The van der Waals surface area contributed by atoms with Crippen LogP contribution in [-0.4, -0.2) is 40.6 Å². The molecule has 1 N–H and O–H groups in total. The molecule has 0 aliphatic carbocycles. The SMILES string of the molecule is O=C(O)c1cnc(CCN2CCCC2)c(F)c1. The average Bonchev–Trinajstić information content (AvgIpc) is 2.80. The average molecular weight is 238 g/mol. The Morgan fingerprint density at radius 3 is 2.76 bits per heavy atom. The summed E-state index contributed by atoms with van der Waals surface area (Å²) in [4.78, 5) is 16.8. The number of aromatic carboxylic acids is 1. The standard InChI is InChI=1S/C12H15FN2O2/c13-10-7-9(12(16)17)8-14-11(10)3-6-15-4-1-2-5-15/h7-8H,1-6H2,(H,16,17). The van der Waals surface area contributed by atoms with E-state index >= 15 is 0 Å². The van der Waals surface area contributed by atoms with Gasteiger partial charge in [0.15, 0.2) is 0 Å². The highest BCUT2D eigenvalue weighted by Gasteiger charge is 2.14. The van der Waals surface area contributed by atoms with Crippen LogP contribution in [0.3, 0.4) is 0 Å². The van der Waals surface area contributed by atoms with E-state index in [0.717, 1.165) is 25.7 Å². The number of hydrogen-bond donors (Lipinski definition) is 1. The van der Waals surface area contributed by atoms with Crippen LogP contribution < -0.4 is 0 Å². The highest BCUT2D eigenvalue weighted by molar-refractivity contribution is 5.87. The molecular formula is C12H15FN2O2. The third kappa shape index (κ3) is 3.00. The Morgan fingerprint density at radius 1 is 1.47 bits per heavy atom. The van der Waals surface area contributed by atoms with Crippen LogP contribution in [0.5, 0.6) is 0 Å². The molecule has 0 unspecified atom stereocenters.